The number of aryl methyl sites for hydroxylation is 1. The van der Waals surface area contributed by atoms with Crippen LogP contribution < -0.4 is 10.5 Å². The minimum absolute atomic E-state index is 0.132. The third-order valence-electron chi connectivity index (χ3n) is 3.70. The number of ether oxygens (including phenoxy) is 1. The summed E-state index contributed by atoms with van der Waals surface area (Å²) in [6.07, 6.45) is 1.08. The minimum atomic E-state index is -0.674. The highest BCUT2D eigenvalue weighted by Gasteiger charge is 2.17. The van der Waals surface area contributed by atoms with Crippen LogP contribution in [0.3, 0.4) is 0 Å². The molecule has 0 amide bonds. The van der Waals surface area contributed by atoms with Crippen molar-refractivity contribution in [1.29, 1.82) is 0 Å². The van der Waals surface area contributed by atoms with Crippen molar-refractivity contribution in [2.45, 2.75) is 20.0 Å². The van der Waals surface area contributed by atoms with Gasteiger partial charge in [0.1, 0.15) is 11.5 Å². The quantitative estimate of drug-likeness (QED) is 0.889. The van der Waals surface area contributed by atoms with Crippen molar-refractivity contribution in [3.05, 3.63) is 39.8 Å². The molecule has 2 aromatic rings. The van der Waals surface area contributed by atoms with Gasteiger partial charge in [0.25, 0.3) is 5.56 Å². The van der Waals surface area contributed by atoms with Gasteiger partial charge in [0.05, 0.1) is 19.3 Å². The Labute approximate surface area is 122 Å². The lowest BCUT2D eigenvalue weighted by atomic mass is 10.1. The summed E-state index contributed by atoms with van der Waals surface area (Å²) in [6, 6.07) is 3.42. The second-order valence-corrected chi connectivity index (χ2v) is 5.39. The van der Waals surface area contributed by atoms with Gasteiger partial charge >= 0.3 is 0 Å². The minimum Gasteiger partial charge on any atom is -0.389 e. The number of anilines is 1. The SMILES string of the molecule is Cc1cc([C@H](C)O)c2nc(N3CCOCC3)cc(=O)n2c1. The van der Waals surface area contributed by atoms with Crippen LogP contribution >= 0.6 is 0 Å². The fraction of sp³-hybridized carbons (Fsp3) is 0.467. The molecule has 3 heterocycles. The summed E-state index contributed by atoms with van der Waals surface area (Å²) in [6.45, 7) is 6.30. The Balaban J connectivity index is 2.19. The standard InChI is InChI=1S/C15H19N3O3/c1-10-7-12(11(2)19)15-16-13(8-14(20)18(15)9-10)17-3-5-21-6-4-17/h7-9,11,19H,3-6H2,1-2H3/t11-/m0/s1. The highest BCUT2D eigenvalue weighted by molar-refractivity contribution is 5.55. The Morgan fingerprint density at radius 1 is 1.33 bits per heavy atom. The van der Waals surface area contributed by atoms with Crippen LogP contribution in [0.5, 0.6) is 0 Å². The van der Waals surface area contributed by atoms with E-state index in [0.717, 1.165) is 18.7 Å². The number of hydrogen-bond acceptors (Lipinski definition) is 5. The molecule has 6 nitrogen and oxygen atoms in total. The summed E-state index contributed by atoms with van der Waals surface area (Å²) in [5, 5.41) is 9.95. The van der Waals surface area contributed by atoms with Gasteiger partial charge in [-0.15, -0.1) is 0 Å². The van der Waals surface area contributed by atoms with E-state index in [9.17, 15) is 9.90 Å². The predicted octanol–water partition coefficient (Wildman–Crippen LogP) is 0.893. The number of fused-ring (bicyclic) bond motifs is 1. The number of hydrogen-bond donors (Lipinski definition) is 1. The van der Waals surface area contributed by atoms with E-state index in [2.05, 4.69) is 4.98 Å². The number of aliphatic hydroxyl groups excluding tert-OH is 1. The van der Waals surface area contributed by atoms with E-state index in [0.29, 0.717) is 30.2 Å². The number of nitrogens with zero attached hydrogens (tertiary/aromatic N) is 3. The average molecular weight is 289 g/mol. The molecule has 21 heavy (non-hydrogen) atoms. The van der Waals surface area contributed by atoms with E-state index in [-0.39, 0.29) is 5.56 Å². The molecule has 0 radical (unpaired) electrons. The molecule has 6 heteroatoms. The molecule has 1 atom stereocenters. The maximum Gasteiger partial charge on any atom is 0.259 e. The van der Waals surface area contributed by atoms with E-state index in [4.69, 9.17) is 4.74 Å². The van der Waals surface area contributed by atoms with Crippen molar-refractivity contribution >= 4 is 11.5 Å². The van der Waals surface area contributed by atoms with E-state index >= 15 is 0 Å². The summed E-state index contributed by atoms with van der Waals surface area (Å²) in [5.74, 6) is 0.647. The Bertz CT molecular complexity index is 718. The Hall–Kier alpha value is -1.92. The lowest BCUT2D eigenvalue weighted by Crippen LogP contribution is -2.37. The molecular formula is C15H19N3O3. The molecule has 0 bridgehead atoms. The number of morpholine rings is 1. The molecule has 112 valence electrons. The second-order valence-electron chi connectivity index (χ2n) is 5.39. The number of aliphatic hydroxyl groups is 1. The van der Waals surface area contributed by atoms with Gasteiger partial charge < -0.3 is 14.7 Å². The van der Waals surface area contributed by atoms with Crippen LogP contribution in [0.1, 0.15) is 24.2 Å². The molecule has 1 fully saturated rings. The van der Waals surface area contributed by atoms with Gasteiger partial charge in [-0.2, -0.15) is 0 Å². The highest BCUT2D eigenvalue weighted by atomic mass is 16.5. The summed E-state index contributed by atoms with van der Waals surface area (Å²) >= 11 is 0. The van der Waals surface area contributed by atoms with Gasteiger partial charge in [-0.3, -0.25) is 9.20 Å². The van der Waals surface area contributed by atoms with Crippen LogP contribution in [0.25, 0.3) is 5.65 Å². The molecule has 3 rings (SSSR count). The molecule has 0 spiro atoms. The zero-order valence-electron chi connectivity index (χ0n) is 12.2. The third-order valence-corrected chi connectivity index (χ3v) is 3.70. The van der Waals surface area contributed by atoms with E-state index < -0.39 is 6.10 Å². The molecule has 0 aliphatic carbocycles. The first-order valence-corrected chi connectivity index (χ1v) is 7.11. The molecule has 1 saturated heterocycles. The summed E-state index contributed by atoms with van der Waals surface area (Å²) in [7, 11) is 0. The third kappa shape index (κ3) is 2.64. The van der Waals surface area contributed by atoms with E-state index in [1.54, 1.807) is 19.2 Å². The van der Waals surface area contributed by atoms with Crippen molar-refractivity contribution in [3.63, 3.8) is 0 Å². The Morgan fingerprint density at radius 3 is 2.71 bits per heavy atom. The fourth-order valence-corrected chi connectivity index (χ4v) is 2.62. The molecule has 0 aromatic carbocycles. The summed E-state index contributed by atoms with van der Waals surface area (Å²) in [5.41, 5.74) is 1.97. The van der Waals surface area contributed by atoms with E-state index in [1.807, 2.05) is 17.9 Å². The van der Waals surface area contributed by atoms with Crippen LogP contribution in [0.4, 0.5) is 5.82 Å². The van der Waals surface area contributed by atoms with Gasteiger partial charge in [-0.25, -0.2) is 4.98 Å². The molecule has 2 aromatic heterocycles. The normalized spacial score (nSPS) is 17.2. The number of pyridine rings is 1. The summed E-state index contributed by atoms with van der Waals surface area (Å²) in [4.78, 5) is 19.0. The van der Waals surface area contributed by atoms with Crippen molar-refractivity contribution in [2.24, 2.45) is 0 Å². The van der Waals surface area contributed by atoms with Gasteiger partial charge in [0.15, 0.2) is 0 Å². The van der Waals surface area contributed by atoms with Crippen molar-refractivity contribution < 1.29 is 9.84 Å². The lowest BCUT2D eigenvalue weighted by Gasteiger charge is -2.28. The maximum atomic E-state index is 12.4. The summed E-state index contributed by atoms with van der Waals surface area (Å²) < 4.78 is 6.83. The number of aromatic nitrogens is 2. The molecule has 0 saturated carbocycles. The van der Waals surface area contributed by atoms with Crippen LogP contribution in [0, 0.1) is 6.92 Å². The van der Waals surface area contributed by atoms with E-state index in [1.165, 1.54) is 4.40 Å². The molecule has 1 aliphatic heterocycles. The lowest BCUT2D eigenvalue weighted by molar-refractivity contribution is 0.122. The van der Waals surface area contributed by atoms with Crippen molar-refractivity contribution in [1.82, 2.24) is 9.38 Å². The Kier molecular flexibility index (Phi) is 3.65. The first-order valence-electron chi connectivity index (χ1n) is 7.11. The van der Waals surface area contributed by atoms with Gasteiger partial charge in [-0.1, -0.05) is 0 Å². The predicted molar refractivity (Wildman–Crippen MR) is 79.9 cm³/mol. The van der Waals surface area contributed by atoms with Gasteiger partial charge in [0.2, 0.25) is 0 Å². The van der Waals surface area contributed by atoms with Crippen molar-refractivity contribution in [3.8, 4) is 0 Å². The Morgan fingerprint density at radius 2 is 2.05 bits per heavy atom. The fourth-order valence-electron chi connectivity index (χ4n) is 2.62. The monoisotopic (exact) mass is 289 g/mol. The largest absolute Gasteiger partial charge is 0.389 e. The first kappa shape index (κ1) is 14.0. The van der Waals surface area contributed by atoms with Gasteiger partial charge in [0, 0.05) is 30.9 Å². The second kappa shape index (κ2) is 5.46. The number of rotatable bonds is 2. The highest BCUT2D eigenvalue weighted by Crippen LogP contribution is 2.20. The average Bonchev–Trinajstić information content (AvgIpc) is 2.48. The topological polar surface area (TPSA) is 67.1 Å². The first-order chi connectivity index (χ1) is 10.1. The van der Waals surface area contributed by atoms with Crippen molar-refractivity contribution in [2.75, 3.05) is 31.2 Å². The zero-order chi connectivity index (χ0) is 15.0. The smallest absolute Gasteiger partial charge is 0.259 e. The molecule has 1 N–H and O–H groups in total. The van der Waals surface area contributed by atoms with Crippen LogP contribution in [-0.4, -0.2) is 40.8 Å². The molecular weight excluding hydrogens is 270 g/mol. The zero-order valence-corrected chi connectivity index (χ0v) is 12.2. The molecule has 1 aliphatic rings. The van der Waals surface area contributed by atoms with Crippen LogP contribution in [0.2, 0.25) is 0 Å². The van der Waals surface area contributed by atoms with Gasteiger partial charge in [-0.05, 0) is 25.5 Å². The molecule has 0 unspecified atom stereocenters. The van der Waals surface area contributed by atoms with Crippen LogP contribution in [-0.2, 0) is 4.74 Å². The van der Waals surface area contributed by atoms with Crippen LogP contribution in [0.15, 0.2) is 23.1 Å². The maximum absolute atomic E-state index is 12.4.